The first-order valence-electron chi connectivity index (χ1n) is 9.07. The molecule has 138 valence electrons. The van der Waals surface area contributed by atoms with Crippen molar-refractivity contribution in [1.29, 1.82) is 0 Å². The molecule has 25 heavy (non-hydrogen) atoms. The number of hydrogen-bond donors (Lipinski definition) is 1. The van der Waals surface area contributed by atoms with E-state index in [1.807, 2.05) is 42.5 Å². The van der Waals surface area contributed by atoms with Gasteiger partial charge in [0.05, 0.1) is 21.1 Å². The summed E-state index contributed by atoms with van der Waals surface area (Å²) < 4.78 is 6.97. The molecule has 3 nitrogen and oxygen atoms in total. The van der Waals surface area contributed by atoms with Crippen molar-refractivity contribution < 1.29 is 38.0 Å². The normalized spacial score (nSPS) is 18.4. The number of halogens is 1. The fraction of sp³-hybridized carbons (Fsp3) is 0.524. The van der Waals surface area contributed by atoms with Crippen LogP contribution >= 0.6 is 0 Å². The molecule has 1 saturated carbocycles. The lowest BCUT2D eigenvalue weighted by Gasteiger charge is -2.37. The molecule has 3 rings (SSSR count). The number of rotatable bonds is 5. The molecule has 0 amide bonds. The lowest BCUT2D eigenvalue weighted by molar-refractivity contribution is -0.884. The van der Waals surface area contributed by atoms with Gasteiger partial charge in [-0.25, -0.2) is 0 Å². The molecule has 0 radical (unpaired) electrons. The summed E-state index contributed by atoms with van der Waals surface area (Å²) in [5.74, 6) is 1.85. The summed E-state index contributed by atoms with van der Waals surface area (Å²) in [7, 11) is 6.44. The van der Waals surface area contributed by atoms with Crippen molar-refractivity contribution in [3.8, 4) is 0 Å². The van der Waals surface area contributed by atoms with Gasteiger partial charge in [0.2, 0.25) is 0 Å². The van der Waals surface area contributed by atoms with E-state index in [0.717, 1.165) is 35.2 Å². The first-order chi connectivity index (χ1) is 11.4. The standard InChI is InChI=1S/C21H30NO2.HI/c1-22(2,3)16-19-14-15-20(24-19)21(23,17-10-6-4-7-11-17)18-12-8-5-9-13-18;/h4,6-7,10-11,14-15,18,23H,5,8-9,12-13,16H2,1-3H3;1H/q+1;/p-1. The highest BCUT2D eigenvalue weighted by Crippen LogP contribution is 2.44. The van der Waals surface area contributed by atoms with E-state index in [1.165, 1.54) is 19.3 Å². The van der Waals surface area contributed by atoms with Crippen LogP contribution in [0.5, 0.6) is 0 Å². The second kappa shape index (κ2) is 8.23. The highest BCUT2D eigenvalue weighted by molar-refractivity contribution is 5.33. The van der Waals surface area contributed by atoms with Gasteiger partial charge >= 0.3 is 0 Å². The Balaban J connectivity index is 0.00000225. The Morgan fingerprint density at radius 3 is 2.24 bits per heavy atom. The Hall–Kier alpha value is -0.850. The van der Waals surface area contributed by atoms with Gasteiger partial charge in [0, 0.05) is 0 Å². The van der Waals surface area contributed by atoms with Gasteiger partial charge in [-0.3, -0.25) is 0 Å². The lowest BCUT2D eigenvalue weighted by Crippen LogP contribution is -3.00. The van der Waals surface area contributed by atoms with E-state index in [0.29, 0.717) is 5.76 Å². The number of benzene rings is 1. The van der Waals surface area contributed by atoms with Crippen LogP contribution in [0.25, 0.3) is 0 Å². The Bertz CT molecular complexity index is 656. The SMILES string of the molecule is C[N+](C)(C)Cc1ccc(C(O)(c2ccccc2)C2CCCCC2)o1.[I-]. The average Bonchev–Trinajstić information content (AvgIpc) is 3.02. The highest BCUT2D eigenvalue weighted by atomic mass is 127. The average molecular weight is 455 g/mol. The Labute approximate surface area is 168 Å². The molecule has 1 N–H and O–H groups in total. The van der Waals surface area contributed by atoms with Crippen LogP contribution in [0.3, 0.4) is 0 Å². The van der Waals surface area contributed by atoms with E-state index in [9.17, 15) is 5.11 Å². The van der Waals surface area contributed by atoms with Crippen molar-refractivity contribution in [2.24, 2.45) is 5.92 Å². The summed E-state index contributed by atoms with van der Waals surface area (Å²) in [5, 5.41) is 11.8. The molecule has 1 fully saturated rings. The van der Waals surface area contributed by atoms with E-state index in [4.69, 9.17) is 4.42 Å². The first-order valence-corrected chi connectivity index (χ1v) is 9.07. The van der Waals surface area contributed by atoms with E-state index < -0.39 is 5.60 Å². The van der Waals surface area contributed by atoms with Crippen molar-refractivity contribution in [3.63, 3.8) is 0 Å². The smallest absolute Gasteiger partial charge is 0.158 e. The lowest BCUT2D eigenvalue weighted by atomic mass is 9.72. The quantitative estimate of drug-likeness (QED) is 0.545. The predicted octanol–water partition coefficient (Wildman–Crippen LogP) is 1.31. The number of aliphatic hydroxyl groups is 1. The van der Waals surface area contributed by atoms with Crippen LogP contribution in [0.15, 0.2) is 46.9 Å². The van der Waals surface area contributed by atoms with Crippen LogP contribution in [0, 0.1) is 5.92 Å². The highest BCUT2D eigenvalue weighted by Gasteiger charge is 2.43. The molecule has 1 aliphatic rings. The summed E-state index contributed by atoms with van der Waals surface area (Å²) in [5.41, 5.74) is -0.0757. The van der Waals surface area contributed by atoms with Crippen LogP contribution in [-0.4, -0.2) is 30.7 Å². The molecule has 1 aliphatic carbocycles. The minimum Gasteiger partial charge on any atom is -1.00 e. The van der Waals surface area contributed by atoms with Gasteiger partial charge in [0.15, 0.2) is 5.76 Å². The van der Waals surface area contributed by atoms with E-state index in [1.54, 1.807) is 0 Å². The third kappa shape index (κ3) is 4.66. The Morgan fingerprint density at radius 2 is 1.64 bits per heavy atom. The van der Waals surface area contributed by atoms with Crippen molar-refractivity contribution >= 4 is 0 Å². The van der Waals surface area contributed by atoms with Crippen molar-refractivity contribution in [2.75, 3.05) is 21.1 Å². The number of nitrogens with zero attached hydrogens (tertiary/aromatic N) is 1. The number of hydrogen-bond acceptors (Lipinski definition) is 2. The van der Waals surface area contributed by atoms with Crippen molar-refractivity contribution in [2.45, 2.75) is 44.2 Å². The molecule has 1 heterocycles. The molecule has 0 aliphatic heterocycles. The fourth-order valence-corrected chi connectivity index (χ4v) is 3.93. The molecule has 1 unspecified atom stereocenters. The van der Waals surface area contributed by atoms with Gasteiger partial charge in [0.25, 0.3) is 0 Å². The van der Waals surface area contributed by atoms with Crippen LogP contribution < -0.4 is 24.0 Å². The zero-order valence-electron chi connectivity index (χ0n) is 15.5. The Kier molecular flexibility index (Phi) is 6.74. The van der Waals surface area contributed by atoms with E-state index >= 15 is 0 Å². The van der Waals surface area contributed by atoms with E-state index in [-0.39, 0.29) is 29.9 Å². The molecule has 0 bridgehead atoms. The molecule has 2 aromatic rings. The molecule has 1 atom stereocenters. The van der Waals surface area contributed by atoms with Crippen LogP contribution in [0.1, 0.15) is 49.2 Å². The zero-order valence-corrected chi connectivity index (χ0v) is 17.7. The van der Waals surface area contributed by atoms with Gasteiger partial charge in [0.1, 0.15) is 17.9 Å². The maximum atomic E-state index is 11.8. The predicted molar refractivity (Wildman–Crippen MR) is 96.5 cm³/mol. The van der Waals surface area contributed by atoms with Gasteiger partial charge in [-0.15, -0.1) is 0 Å². The molecular formula is C21H30INO2. The monoisotopic (exact) mass is 455 g/mol. The fourth-order valence-electron chi connectivity index (χ4n) is 3.93. The van der Waals surface area contributed by atoms with Crippen LogP contribution in [0.2, 0.25) is 0 Å². The second-order valence-electron chi connectivity index (χ2n) is 8.18. The topological polar surface area (TPSA) is 33.4 Å². The van der Waals surface area contributed by atoms with E-state index in [2.05, 4.69) is 21.1 Å². The minimum absolute atomic E-state index is 0. The third-order valence-corrected chi connectivity index (χ3v) is 5.08. The summed E-state index contributed by atoms with van der Waals surface area (Å²) in [6, 6.07) is 14.0. The molecule has 1 aromatic heterocycles. The summed E-state index contributed by atoms with van der Waals surface area (Å²) in [4.78, 5) is 0. The van der Waals surface area contributed by atoms with Crippen LogP contribution in [-0.2, 0) is 12.1 Å². The zero-order chi connectivity index (χ0) is 17.2. The molecular weight excluding hydrogens is 425 g/mol. The second-order valence-corrected chi connectivity index (χ2v) is 8.18. The minimum atomic E-state index is -1.02. The molecule has 1 aromatic carbocycles. The largest absolute Gasteiger partial charge is 1.00 e. The third-order valence-electron chi connectivity index (χ3n) is 5.08. The van der Waals surface area contributed by atoms with Gasteiger partial charge in [-0.05, 0) is 36.5 Å². The van der Waals surface area contributed by atoms with Crippen molar-refractivity contribution in [3.05, 3.63) is 59.5 Å². The summed E-state index contributed by atoms with van der Waals surface area (Å²) in [6.07, 6.45) is 5.75. The van der Waals surface area contributed by atoms with Crippen molar-refractivity contribution in [1.82, 2.24) is 0 Å². The Morgan fingerprint density at radius 1 is 1.00 bits per heavy atom. The first kappa shape index (κ1) is 20.5. The van der Waals surface area contributed by atoms with Crippen LogP contribution in [0.4, 0.5) is 0 Å². The van der Waals surface area contributed by atoms with Gasteiger partial charge < -0.3 is 38.0 Å². The molecule has 4 heteroatoms. The number of furan rings is 1. The summed E-state index contributed by atoms with van der Waals surface area (Å²) in [6.45, 7) is 0.815. The number of quaternary nitrogens is 1. The van der Waals surface area contributed by atoms with Gasteiger partial charge in [-0.2, -0.15) is 0 Å². The maximum absolute atomic E-state index is 11.8. The maximum Gasteiger partial charge on any atom is 0.158 e. The molecule has 0 spiro atoms. The summed E-state index contributed by atoms with van der Waals surface area (Å²) >= 11 is 0. The molecule has 0 saturated heterocycles. The van der Waals surface area contributed by atoms with Gasteiger partial charge in [-0.1, -0.05) is 49.6 Å².